The number of nitrogens with one attached hydrogen (secondary N) is 1. The zero-order valence-electron chi connectivity index (χ0n) is 15.8. The minimum atomic E-state index is -4.47. The number of rotatable bonds is 4. The van der Waals surface area contributed by atoms with Gasteiger partial charge in [-0.3, -0.25) is 4.79 Å². The van der Waals surface area contributed by atoms with E-state index in [0.29, 0.717) is 32.5 Å². The highest BCUT2D eigenvalue weighted by molar-refractivity contribution is 6.35. The SMILES string of the molecule is O=C1Nc2cc(C(F)(F)F)ccc2/C1=C/c1ccc(OCc2ccc(Cl)cc2Cl)cc1. The molecule has 0 unspecified atom stereocenters. The molecule has 1 N–H and O–H groups in total. The third-order valence-corrected chi connectivity index (χ3v) is 5.32. The molecule has 8 heteroatoms. The van der Waals surface area contributed by atoms with E-state index >= 15 is 0 Å². The largest absolute Gasteiger partial charge is 0.489 e. The Morgan fingerprint density at radius 2 is 1.71 bits per heavy atom. The van der Waals surface area contributed by atoms with Crippen LogP contribution in [-0.4, -0.2) is 5.91 Å². The van der Waals surface area contributed by atoms with Crippen molar-refractivity contribution in [3.05, 3.63) is 93.0 Å². The summed E-state index contributed by atoms with van der Waals surface area (Å²) < 4.78 is 44.4. The second kappa shape index (κ2) is 8.29. The van der Waals surface area contributed by atoms with Crippen molar-refractivity contribution >= 4 is 46.4 Å². The molecule has 0 spiro atoms. The van der Waals surface area contributed by atoms with Crippen molar-refractivity contribution in [3.63, 3.8) is 0 Å². The number of carbonyl (C=O) groups excluding carboxylic acids is 1. The van der Waals surface area contributed by atoms with Gasteiger partial charge in [0.25, 0.3) is 5.91 Å². The van der Waals surface area contributed by atoms with Crippen LogP contribution in [0.1, 0.15) is 22.3 Å². The third-order valence-electron chi connectivity index (χ3n) is 4.73. The van der Waals surface area contributed by atoms with Crippen LogP contribution in [0.15, 0.2) is 60.7 Å². The molecule has 158 valence electrons. The summed E-state index contributed by atoms with van der Waals surface area (Å²) in [7, 11) is 0. The average Bonchev–Trinajstić information content (AvgIpc) is 3.02. The predicted octanol–water partition coefficient (Wildman–Crippen LogP) is 7.08. The van der Waals surface area contributed by atoms with Crippen LogP contribution in [0.2, 0.25) is 10.0 Å². The monoisotopic (exact) mass is 463 g/mol. The maximum absolute atomic E-state index is 12.9. The average molecular weight is 464 g/mol. The Kier molecular flexibility index (Phi) is 5.69. The van der Waals surface area contributed by atoms with E-state index in [1.807, 2.05) is 0 Å². The van der Waals surface area contributed by atoms with Crippen LogP contribution >= 0.6 is 23.2 Å². The van der Waals surface area contributed by atoms with E-state index in [9.17, 15) is 18.0 Å². The lowest BCUT2D eigenvalue weighted by atomic mass is 10.0. The van der Waals surface area contributed by atoms with Crippen LogP contribution in [0.25, 0.3) is 11.6 Å². The molecule has 4 rings (SSSR count). The molecular weight excluding hydrogens is 450 g/mol. The third kappa shape index (κ3) is 4.70. The lowest BCUT2D eigenvalue weighted by molar-refractivity contribution is -0.137. The molecular formula is C23H14Cl2F3NO2. The molecule has 3 aromatic carbocycles. The Balaban J connectivity index is 1.50. The summed E-state index contributed by atoms with van der Waals surface area (Å²) in [5.41, 5.74) is 1.55. The Bertz CT molecular complexity index is 1190. The number of hydrogen-bond donors (Lipinski definition) is 1. The van der Waals surface area contributed by atoms with Crippen molar-refractivity contribution < 1.29 is 22.7 Å². The summed E-state index contributed by atoms with van der Waals surface area (Å²) in [5, 5.41) is 3.53. The van der Waals surface area contributed by atoms with Crippen molar-refractivity contribution in [2.45, 2.75) is 12.8 Å². The zero-order chi connectivity index (χ0) is 22.2. The van der Waals surface area contributed by atoms with Crippen molar-refractivity contribution in [2.24, 2.45) is 0 Å². The van der Waals surface area contributed by atoms with Crippen molar-refractivity contribution in [1.29, 1.82) is 0 Å². The van der Waals surface area contributed by atoms with E-state index in [-0.39, 0.29) is 12.3 Å². The minimum absolute atomic E-state index is 0.144. The van der Waals surface area contributed by atoms with E-state index in [1.54, 1.807) is 48.5 Å². The van der Waals surface area contributed by atoms with Gasteiger partial charge in [0.05, 0.1) is 5.56 Å². The summed E-state index contributed by atoms with van der Waals surface area (Å²) in [6.45, 7) is 0.258. The molecule has 0 fully saturated rings. The maximum atomic E-state index is 12.9. The second-order valence-electron chi connectivity index (χ2n) is 6.86. The highest BCUT2D eigenvalue weighted by Crippen LogP contribution is 2.38. The minimum Gasteiger partial charge on any atom is -0.489 e. The smallest absolute Gasteiger partial charge is 0.416 e. The van der Waals surface area contributed by atoms with Crippen LogP contribution in [-0.2, 0) is 17.6 Å². The van der Waals surface area contributed by atoms with Gasteiger partial charge in [0.1, 0.15) is 12.4 Å². The van der Waals surface area contributed by atoms with E-state index in [4.69, 9.17) is 27.9 Å². The zero-order valence-corrected chi connectivity index (χ0v) is 17.3. The molecule has 1 aliphatic heterocycles. The van der Waals surface area contributed by atoms with E-state index in [1.165, 1.54) is 6.07 Å². The first kappa shape index (κ1) is 21.3. The normalized spacial score (nSPS) is 14.5. The van der Waals surface area contributed by atoms with Crippen molar-refractivity contribution in [1.82, 2.24) is 0 Å². The molecule has 0 aliphatic carbocycles. The quantitative estimate of drug-likeness (QED) is 0.419. The van der Waals surface area contributed by atoms with Crippen molar-refractivity contribution in [3.8, 4) is 5.75 Å². The molecule has 3 nitrogen and oxygen atoms in total. The first-order chi connectivity index (χ1) is 14.7. The number of benzene rings is 3. The molecule has 0 aromatic heterocycles. The number of halogens is 5. The van der Waals surface area contributed by atoms with Crippen LogP contribution in [0.4, 0.5) is 18.9 Å². The Hall–Kier alpha value is -2.96. The van der Waals surface area contributed by atoms with Crippen LogP contribution in [0.3, 0.4) is 0 Å². The number of amides is 1. The van der Waals surface area contributed by atoms with Gasteiger partial charge in [0.15, 0.2) is 0 Å². The number of fused-ring (bicyclic) bond motifs is 1. The molecule has 3 aromatic rings. The molecule has 0 saturated heterocycles. The molecule has 1 aliphatic rings. The van der Waals surface area contributed by atoms with Gasteiger partial charge >= 0.3 is 6.18 Å². The fraction of sp³-hybridized carbons (Fsp3) is 0.0870. The molecule has 0 saturated carbocycles. The molecule has 0 radical (unpaired) electrons. The number of hydrogen-bond acceptors (Lipinski definition) is 2. The standard InChI is InChI=1S/C23H14Cl2F3NO2/c24-16-5-3-14(20(25)11-16)12-31-17-6-1-13(2-7-17)9-19-18-8-4-15(23(26,27)28)10-21(18)29-22(19)30/h1-11H,12H2,(H,29,30)/b19-9-. The van der Waals surface area contributed by atoms with Crippen LogP contribution in [0, 0.1) is 0 Å². The number of ether oxygens (including phenoxy) is 1. The van der Waals surface area contributed by atoms with Gasteiger partial charge in [0.2, 0.25) is 0 Å². The molecule has 1 heterocycles. The van der Waals surface area contributed by atoms with E-state index in [2.05, 4.69) is 5.32 Å². The fourth-order valence-corrected chi connectivity index (χ4v) is 3.60. The van der Waals surface area contributed by atoms with Crippen LogP contribution < -0.4 is 10.1 Å². The highest BCUT2D eigenvalue weighted by Gasteiger charge is 2.33. The summed E-state index contributed by atoms with van der Waals surface area (Å²) in [5.74, 6) is 0.145. The summed E-state index contributed by atoms with van der Waals surface area (Å²) in [4.78, 5) is 12.3. The molecule has 31 heavy (non-hydrogen) atoms. The topological polar surface area (TPSA) is 38.3 Å². The predicted molar refractivity (Wildman–Crippen MR) is 115 cm³/mol. The molecule has 1 amide bonds. The molecule has 0 bridgehead atoms. The van der Waals surface area contributed by atoms with E-state index < -0.39 is 17.6 Å². The maximum Gasteiger partial charge on any atom is 0.416 e. The lowest BCUT2D eigenvalue weighted by Crippen LogP contribution is -2.06. The van der Waals surface area contributed by atoms with Gasteiger partial charge < -0.3 is 10.1 Å². The number of carbonyl (C=O) groups is 1. The van der Waals surface area contributed by atoms with Gasteiger partial charge in [-0.15, -0.1) is 0 Å². The summed E-state index contributed by atoms with van der Waals surface area (Å²) in [6, 6.07) is 15.3. The van der Waals surface area contributed by atoms with E-state index in [0.717, 1.165) is 17.7 Å². The first-order valence-corrected chi connectivity index (χ1v) is 9.88. The first-order valence-electron chi connectivity index (χ1n) is 9.12. The molecule has 0 atom stereocenters. The van der Waals surface area contributed by atoms with Gasteiger partial charge in [-0.25, -0.2) is 0 Å². The Morgan fingerprint density at radius 1 is 0.968 bits per heavy atom. The van der Waals surface area contributed by atoms with Gasteiger partial charge in [-0.2, -0.15) is 13.2 Å². The summed E-state index contributed by atoms with van der Waals surface area (Å²) >= 11 is 12.0. The van der Waals surface area contributed by atoms with Gasteiger partial charge in [0, 0.05) is 32.4 Å². The fourth-order valence-electron chi connectivity index (χ4n) is 3.14. The van der Waals surface area contributed by atoms with Gasteiger partial charge in [-0.05, 0) is 48.0 Å². The number of alkyl halides is 3. The van der Waals surface area contributed by atoms with Gasteiger partial charge in [-0.1, -0.05) is 47.5 Å². The Labute approximate surface area is 186 Å². The summed E-state index contributed by atoms with van der Waals surface area (Å²) in [6.07, 6.45) is -2.85. The van der Waals surface area contributed by atoms with Crippen molar-refractivity contribution in [2.75, 3.05) is 5.32 Å². The second-order valence-corrected chi connectivity index (χ2v) is 7.71. The van der Waals surface area contributed by atoms with Crippen LogP contribution in [0.5, 0.6) is 5.75 Å². The highest BCUT2D eigenvalue weighted by atomic mass is 35.5. The number of anilines is 1. The lowest BCUT2D eigenvalue weighted by Gasteiger charge is -2.09. The Morgan fingerprint density at radius 3 is 2.39 bits per heavy atom.